The summed E-state index contributed by atoms with van der Waals surface area (Å²) in [6.07, 6.45) is 0. The average Bonchev–Trinajstić information content (AvgIpc) is 2.34. The van der Waals surface area contributed by atoms with Crippen molar-refractivity contribution in [3.05, 3.63) is 29.8 Å². The van der Waals surface area contributed by atoms with Gasteiger partial charge in [0.15, 0.2) is 0 Å². The third kappa shape index (κ3) is 4.62. The van der Waals surface area contributed by atoms with Crippen LogP contribution in [0.2, 0.25) is 0 Å². The van der Waals surface area contributed by atoms with E-state index in [9.17, 15) is 4.21 Å². The number of benzene rings is 1. The highest BCUT2D eigenvalue weighted by atomic mass is 32.2. The molecule has 2 atom stereocenters. The van der Waals surface area contributed by atoms with E-state index in [1.54, 1.807) is 7.11 Å². The van der Waals surface area contributed by atoms with Crippen LogP contribution in [0.25, 0.3) is 0 Å². The van der Waals surface area contributed by atoms with Crippen LogP contribution in [0.3, 0.4) is 0 Å². The Balaban J connectivity index is 2.91. The van der Waals surface area contributed by atoms with Gasteiger partial charge in [-0.2, -0.15) is 0 Å². The Morgan fingerprint density at radius 1 is 1.16 bits per heavy atom. The quantitative estimate of drug-likeness (QED) is 0.899. The second kappa shape index (κ2) is 6.53. The molecule has 0 aliphatic carbocycles. The molecule has 3 nitrogen and oxygen atoms in total. The van der Waals surface area contributed by atoms with E-state index in [-0.39, 0.29) is 10.8 Å². The molecule has 4 heteroatoms. The SMILES string of the molecule is COc1ccc([C@H](NS(=O)C(C)(C)C)C(C)C)cc1. The van der Waals surface area contributed by atoms with E-state index in [0.29, 0.717) is 5.92 Å². The minimum absolute atomic E-state index is 0.0750. The van der Waals surface area contributed by atoms with Gasteiger partial charge in [-0.1, -0.05) is 26.0 Å². The van der Waals surface area contributed by atoms with E-state index in [0.717, 1.165) is 11.3 Å². The number of hydrogen-bond acceptors (Lipinski definition) is 2. The fraction of sp³-hybridized carbons (Fsp3) is 0.600. The number of ether oxygens (including phenoxy) is 1. The molecule has 0 aliphatic rings. The summed E-state index contributed by atoms with van der Waals surface area (Å²) in [6, 6.07) is 8.00. The molecule has 1 N–H and O–H groups in total. The zero-order valence-corrected chi connectivity index (χ0v) is 13.5. The Labute approximate surface area is 119 Å². The summed E-state index contributed by atoms with van der Waals surface area (Å²) >= 11 is 0. The van der Waals surface area contributed by atoms with Crippen LogP contribution in [0.5, 0.6) is 5.75 Å². The molecule has 0 aliphatic heterocycles. The van der Waals surface area contributed by atoms with Gasteiger partial charge < -0.3 is 4.74 Å². The fourth-order valence-corrected chi connectivity index (χ4v) is 2.68. The highest BCUT2D eigenvalue weighted by Gasteiger charge is 2.25. The average molecular weight is 283 g/mol. The van der Waals surface area contributed by atoms with Gasteiger partial charge in [-0.15, -0.1) is 0 Å². The molecule has 0 fully saturated rings. The number of nitrogens with one attached hydrogen (secondary N) is 1. The van der Waals surface area contributed by atoms with Crippen molar-refractivity contribution in [2.45, 2.75) is 45.4 Å². The van der Waals surface area contributed by atoms with E-state index in [4.69, 9.17) is 4.74 Å². The third-order valence-corrected chi connectivity index (χ3v) is 4.51. The lowest BCUT2D eigenvalue weighted by Crippen LogP contribution is -2.37. The molecule has 0 amide bonds. The van der Waals surface area contributed by atoms with Crippen molar-refractivity contribution in [3.8, 4) is 5.75 Å². The normalized spacial score (nSPS) is 15.3. The molecule has 0 spiro atoms. The van der Waals surface area contributed by atoms with Crippen molar-refractivity contribution in [2.75, 3.05) is 7.11 Å². The number of methoxy groups -OCH3 is 1. The lowest BCUT2D eigenvalue weighted by Gasteiger charge is -2.27. The van der Waals surface area contributed by atoms with Gasteiger partial charge in [0.1, 0.15) is 5.75 Å². The number of rotatable bonds is 5. The molecule has 108 valence electrons. The van der Waals surface area contributed by atoms with Gasteiger partial charge in [0, 0.05) is 6.04 Å². The minimum atomic E-state index is -1.08. The Hall–Kier alpha value is -0.870. The molecule has 0 radical (unpaired) electrons. The molecule has 1 aromatic carbocycles. The van der Waals surface area contributed by atoms with E-state index in [1.807, 2.05) is 45.0 Å². The monoisotopic (exact) mass is 283 g/mol. The van der Waals surface area contributed by atoms with Crippen molar-refractivity contribution in [2.24, 2.45) is 5.92 Å². The van der Waals surface area contributed by atoms with Crippen molar-refractivity contribution >= 4 is 11.0 Å². The molecule has 1 unspecified atom stereocenters. The Morgan fingerprint density at radius 3 is 2.05 bits per heavy atom. The summed E-state index contributed by atoms with van der Waals surface area (Å²) in [5, 5.41) is 0. The van der Waals surface area contributed by atoms with Crippen molar-refractivity contribution < 1.29 is 8.95 Å². The van der Waals surface area contributed by atoms with Crippen LogP contribution in [0.4, 0.5) is 0 Å². The van der Waals surface area contributed by atoms with Gasteiger partial charge in [0.25, 0.3) is 0 Å². The van der Waals surface area contributed by atoms with Crippen molar-refractivity contribution in [1.29, 1.82) is 0 Å². The molecule has 0 heterocycles. The maximum atomic E-state index is 12.3. The molecule has 19 heavy (non-hydrogen) atoms. The van der Waals surface area contributed by atoms with Crippen molar-refractivity contribution in [1.82, 2.24) is 4.72 Å². The minimum Gasteiger partial charge on any atom is -0.497 e. The lowest BCUT2D eigenvalue weighted by molar-refractivity contribution is 0.413. The molecule has 1 rings (SSSR count). The Bertz CT molecular complexity index is 421. The van der Waals surface area contributed by atoms with Crippen LogP contribution in [-0.4, -0.2) is 16.1 Å². The van der Waals surface area contributed by atoms with E-state index in [2.05, 4.69) is 18.6 Å². The second-order valence-electron chi connectivity index (χ2n) is 5.99. The molecule has 0 saturated carbocycles. The van der Waals surface area contributed by atoms with Gasteiger partial charge in [-0.05, 0) is 44.4 Å². The summed E-state index contributed by atoms with van der Waals surface area (Å²) < 4.78 is 20.4. The summed E-state index contributed by atoms with van der Waals surface area (Å²) in [4.78, 5) is 0. The molecule has 0 bridgehead atoms. The maximum absolute atomic E-state index is 12.3. The zero-order chi connectivity index (χ0) is 14.6. The summed E-state index contributed by atoms with van der Waals surface area (Å²) in [7, 11) is 0.578. The molecular formula is C15H25NO2S. The van der Waals surface area contributed by atoms with Crippen LogP contribution in [0.15, 0.2) is 24.3 Å². The fourth-order valence-electron chi connectivity index (χ4n) is 1.69. The van der Waals surface area contributed by atoms with Crippen LogP contribution in [-0.2, 0) is 11.0 Å². The van der Waals surface area contributed by atoms with Crippen LogP contribution in [0, 0.1) is 5.92 Å². The third-order valence-electron chi connectivity index (χ3n) is 2.93. The first-order chi connectivity index (χ1) is 8.75. The topological polar surface area (TPSA) is 38.3 Å². The number of hydrogen-bond donors (Lipinski definition) is 1. The van der Waals surface area contributed by atoms with Gasteiger partial charge in [-0.3, -0.25) is 0 Å². The maximum Gasteiger partial charge on any atom is 0.118 e. The van der Waals surface area contributed by atoms with Gasteiger partial charge in [-0.25, -0.2) is 8.93 Å². The molecule has 0 aromatic heterocycles. The van der Waals surface area contributed by atoms with E-state index < -0.39 is 11.0 Å². The van der Waals surface area contributed by atoms with Crippen LogP contribution >= 0.6 is 0 Å². The van der Waals surface area contributed by atoms with Gasteiger partial charge in [0.2, 0.25) is 0 Å². The highest BCUT2D eigenvalue weighted by Crippen LogP contribution is 2.25. The first kappa shape index (κ1) is 16.2. The Kier molecular flexibility index (Phi) is 5.56. The molecule has 0 saturated heterocycles. The first-order valence-electron chi connectivity index (χ1n) is 6.57. The van der Waals surface area contributed by atoms with Crippen molar-refractivity contribution in [3.63, 3.8) is 0 Å². The predicted molar refractivity (Wildman–Crippen MR) is 81.6 cm³/mol. The van der Waals surface area contributed by atoms with Crippen LogP contribution < -0.4 is 9.46 Å². The summed E-state index contributed by atoms with van der Waals surface area (Å²) in [6.45, 7) is 10.2. The highest BCUT2D eigenvalue weighted by molar-refractivity contribution is 7.84. The predicted octanol–water partition coefficient (Wildman–Crippen LogP) is 3.44. The van der Waals surface area contributed by atoms with Gasteiger partial charge >= 0.3 is 0 Å². The van der Waals surface area contributed by atoms with Crippen LogP contribution in [0.1, 0.15) is 46.2 Å². The summed E-state index contributed by atoms with van der Waals surface area (Å²) in [5.74, 6) is 1.20. The first-order valence-corrected chi connectivity index (χ1v) is 7.72. The lowest BCUT2D eigenvalue weighted by atomic mass is 9.97. The molecule has 1 aromatic rings. The second-order valence-corrected chi connectivity index (χ2v) is 7.99. The largest absolute Gasteiger partial charge is 0.497 e. The van der Waals surface area contributed by atoms with E-state index >= 15 is 0 Å². The molecular weight excluding hydrogens is 258 g/mol. The van der Waals surface area contributed by atoms with E-state index in [1.165, 1.54) is 0 Å². The Morgan fingerprint density at radius 2 is 1.68 bits per heavy atom. The smallest absolute Gasteiger partial charge is 0.118 e. The van der Waals surface area contributed by atoms with Gasteiger partial charge in [0.05, 0.1) is 22.8 Å². The zero-order valence-electron chi connectivity index (χ0n) is 12.7. The standard InChI is InChI=1S/C15H25NO2S/c1-11(2)14(16-19(17)15(3,4)5)12-7-9-13(18-6)10-8-12/h7-11,14,16H,1-6H3/t14-,19?/m1/s1. The summed E-state index contributed by atoms with van der Waals surface area (Å²) in [5.41, 5.74) is 1.13.